The van der Waals surface area contributed by atoms with Crippen LogP contribution in [0.25, 0.3) is 10.9 Å². The summed E-state index contributed by atoms with van der Waals surface area (Å²) in [5.41, 5.74) is 3.07. The van der Waals surface area contributed by atoms with Gasteiger partial charge in [-0.05, 0) is 72.9 Å². The molecule has 3 atom stereocenters. The first kappa shape index (κ1) is 16.5. The average Bonchev–Trinajstić information content (AvgIpc) is 3.18. The van der Waals surface area contributed by atoms with Crippen LogP contribution in [0.5, 0.6) is 0 Å². The van der Waals surface area contributed by atoms with E-state index in [1.807, 2.05) is 43.6 Å². The minimum atomic E-state index is -0.189. The SMILES string of the molecule is Cn1ccc2ccc(C(=O)N3[C@@H]4CC[C@H]3C[C@@H](c3ccc(F)cc3)C4)cc21. The van der Waals surface area contributed by atoms with Crippen LogP contribution in [0.4, 0.5) is 4.39 Å². The second-order valence-electron chi connectivity index (χ2n) is 8.02. The van der Waals surface area contributed by atoms with Crippen molar-refractivity contribution in [2.45, 2.75) is 43.7 Å². The average molecular weight is 362 g/mol. The topological polar surface area (TPSA) is 25.2 Å². The van der Waals surface area contributed by atoms with Gasteiger partial charge >= 0.3 is 0 Å². The molecule has 2 aliphatic heterocycles. The molecule has 1 amide bonds. The third-order valence-electron chi connectivity index (χ3n) is 6.44. The molecule has 27 heavy (non-hydrogen) atoms. The predicted octanol–water partition coefficient (Wildman–Crippen LogP) is 4.87. The molecule has 2 fully saturated rings. The van der Waals surface area contributed by atoms with Crippen molar-refractivity contribution in [3.8, 4) is 0 Å². The van der Waals surface area contributed by atoms with Crippen LogP contribution in [0.3, 0.4) is 0 Å². The van der Waals surface area contributed by atoms with Gasteiger partial charge in [0, 0.05) is 36.4 Å². The summed E-state index contributed by atoms with van der Waals surface area (Å²) < 4.78 is 15.3. The van der Waals surface area contributed by atoms with Crippen LogP contribution < -0.4 is 0 Å². The van der Waals surface area contributed by atoms with Crippen molar-refractivity contribution in [2.75, 3.05) is 0 Å². The van der Waals surface area contributed by atoms with E-state index in [2.05, 4.69) is 15.5 Å². The summed E-state index contributed by atoms with van der Waals surface area (Å²) in [5, 5.41) is 1.16. The second-order valence-corrected chi connectivity index (χ2v) is 8.02. The van der Waals surface area contributed by atoms with Crippen LogP contribution in [0.15, 0.2) is 54.7 Å². The largest absolute Gasteiger partial charge is 0.351 e. The van der Waals surface area contributed by atoms with Crippen LogP contribution in [0.1, 0.15) is 47.5 Å². The van der Waals surface area contributed by atoms with Crippen LogP contribution in [0.2, 0.25) is 0 Å². The molecule has 2 aromatic carbocycles. The number of carbonyl (C=O) groups excluding carboxylic acids is 1. The van der Waals surface area contributed by atoms with Gasteiger partial charge < -0.3 is 9.47 Å². The van der Waals surface area contributed by atoms with Gasteiger partial charge in [-0.3, -0.25) is 4.79 Å². The van der Waals surface area contributed by atoms with Crippen molar-refractivity contribution in [2.24, 2.45) is 7.05 Å². The van der Waals surface area contributed by atoms with Crippen molar-refractivity contribution >= 4 is 16.8 Å². The Kier molecular flexibility index (Phi) is 3.81. The Labute approximate surface area is 158 Å². The summed E-state index contributed by atoms with van der Waals surface area (Å²) in [7, 11) is 2.01. The zero-order chi connectivity index (χ0) is 18.5. The fourth-order valence-electron chi connectivity index (χ4n) is 5.06. The molecule has 138 valence electrons. The molecule has 0 N–H and O–H groups in total. The number of nitrogens with zero attached hydrogens (tertiary/aromatic N) is 2. The number of hydrogen-bond acceptors (Lipinski definition) is 1. The Morgan fingerprint density at radius 1 is 1.00 bits per heavy atom. The van der Waals surface area contributed by atoms with Crippen molar-refractivity contribution in [1.29, 1.82) is 0 Å². The van der Waals surface area contributed by atoms with Gasteiger partial charge in [0.05, 0.1) is 0 Å². The molecule has 0 unspecified atom stereocenters. The quantitative estimate of drug-likeness (QED) is 0.639. The van der Waals surface area contributed by atoms with Crippen LogP contribution in [-0.4, -0.2) is 27.5 Å². The standard InChI is InChI=1S/C23H23FN2O/c1-25-11-10-16-2-3-17(14-22(16)25)23(27)26-20-8-9-21(26)13-18(12-20)15-4-6-19(24)7-5-15/h2-7,10-11,14,18,20-21H,8-9,12-13H2,1H3/t18-,20+,21-. The highest BCUT2D eigenvalue weighted by atomic mass is 19.1. The Bertz CT molecular complexity index is 993. The minimum absolute atomic E-state index is 0.156. The number of aromatic nitrogens is 1. The second kappa shape index (κ2) is 6.22. The molecular formula is C23H23FN2O. The van der Waals surface area contributed by atoms with Crippen LogP contribution >= 0.6 is 0 Å². The number of halogens is 1. The summed E-state index contributed by atoms with van der Waals surface area (Å²) in [5.74, 6) is 0.385. The third-order valence-corrected chi connectivity index (χ3v) is 6.44. The molecule has 4 heteroatoms. The van der Waals surface area contributed by atoms with E-state index in [4.69, 9.17) is 0 Å². The predicted molar refractivity (Wildman–Crippen MR) is 104 cm³/mol. The van der Waals surface area contributed by atoms with Gasteiger partial charge in [0.2, 0.25) is 0 Å². The van der Waals surface area contributed by atoms with Gasteiger partial charge in [-0.2, -0.15) is 0 Å². The van der Waals surface area contributed by atoms with Gasteiger partial charge in [-0.1, -0.05) is 18.2 Å². The van der Waals surface area contributed by atoms with Gasteiger partial charge in [0.1, 0.15) is 5.82 Å². The summed E-state index contributed by atoms with van der Waals surface area (Å²) in [6.45, 7) is 0. The van der Waals surface area contributed by atoms with E-state index in [1.165, 1.54) is 5.56 Å². The Hall–Kier alpha value is -2.62. The minimum Gasteiger partial charge on any atom is -0.351 e. The van der Waals surface area contributed by atoms with Crippen LogP contribution in [-0.2, 0) is 7.05 Å². The van der Waals surface area contributed by atoms with Gasteiger partial charge in [0.25, 0.3) is 5.91 Å². The lowest BCUT2D eigenvalue weighted by molar-refractivity contribution is 0.0571. The smallest absolute Gasteiger partial charge is 0.254 e. The summed E-state index contributed by atoms with van der Waals surface area (Å²) in [4.78, 5) is 15.4. The molecular weight excluding hydrogens is 339 g/mol. The molecule has 2 saturated heterocycles. The van der Waals surface area contributed by atoms with Crippen molar-refractivity contribution < 1.29 is 9.18 Å². The molecule has 0 radical (unpaired) electrons. The summed E-state index contributed by atoms with van der Waals surface area (Å²) >= 11 is 0. The molecule has 5 rings (SSSR count). The monoisotopic (exact) mass is 362 g/mol. The van der Waals surface area contributed by atoms with E-state index in [0.29, 0.717) is 5.92 Å². The maximum Gasteiger partial charge on any atom is 0.254 e. The number of aryl methyl sites for hydroxylation is 1. The number of rotatable bonds is 2. The lowest BCUT2D eigenvalue weighted by atomic mass is 9.85. The molecule has 3 aromatic rings. The molecule has 0 spiro atoms. The van der Waals surface area contributed by atoms with Crippen molar-refractivity contribution in [3.05, 3.63) is 71.7 Å². The van der Waals surface area contributed by atoms with Crippen molar-refractivity contribution in [3.63, 3.8) is 0 Å². The summed E-state index contributed by atoms with van der Waals surface area (Å²) in [6.07, 6.45) is 6.11. The fraction of sp³-hybridized carbons (Fsp3) is 0.348. The molecule has 1 aromatic heterocycles. The number of carbonyl (C=O) groups is 1. The Balaban J connectivity index is 1.40. The first-order valence-electron chi connectivity index (χ1n) is 9.73. The number of piperidine rings is 1. The first-order chi connectivity index (χ1) is 13.1. The van der Waals surface area contributed by atoms with Gasteiger partial charge in [0.15, 0.2) is 0 Å². The maximum atomic E-state index is 13.3. The van der Waals surface area contributed by atoms with E-state index < -0.39 is 0 Å². The first-order valence-corrected chi connectivity index (χ1v) is 9.73. The normalized spacial score (nSPS) is 24.5. The van der Waals surface area contributed by atoms with E-state index in [0.717, 1.165) is 42.1 Å². The van der Waals surface area contributed by atoms with E-state index >= 15 is 0 Å². The zero-order valence-electron chi connectivity index (χ0n) is 15.4. The number of fused-ring (bicyclic) bond motifs is 3. The lowest BCUT2D eigenvalue weighted by Gasteiger charge is -2.39. The van der Waals surface area contributed by atoms with E-state index in [-0.39, 0.29) is 23.8 Å². The fourth-order valence-corrected chi connectivity index (χ4v) is 5.06. The maximum absolute atomic E-state index is 13.3. The number of benzene rings is 2. The van der Waals surface area contributed by atoms with Crippen LogP contribution in [0, 0.1) is 5.82 Å². The molecule has 0 aliphatic carbocycles. The Morgan fingerprint density at radius 2 is 1.70 bits per heavy atom. The molecule has 0 saturated carbocycles. The van der Waals surface area contributed by atoms with Crippen molar-refractivity contribution in [1.82, 2.24) is 9.47 Å². The zero-order valence-corrected chi connectivity index (χ0v) is 15.4. The lowest BCUT2D eigenvalue weighted by Crippen LogP contribution is -2.46. The molecule has 3 heterocycles. The number of amides is 1. The highest BCUT2D eigenvalue weighted by Crippen LogP contribution is 2.43. The highest BCUT2D eigenvalue weighted by Gasteiger charge is 2.43. The highest BCUT2D eigenvalue weighted by molar-refractivity contribution is 5.98. The third kappa shape index (κ3) is 2.75. The van der Waals surface area contributed by atoms with Gasteiger partial charge in [-0.15, -0.1) is 0 Å². The molecule has 2 aliphatic rings. The van der Waals surface area contributed by atoms with Gasteiger partial charge in [-0.25, -0.2) is 4.39 Å². The van der Waals surface area contributed by atoms with E-state index in [9.17, 15) is 9.18 Å². The van der Waals surface area contributed by atoms with E-state index in [1.54, 1.807) is 12.1 Å². The molecule has 3 nitrogen and oxygen atoms in total. The Morgan fingerprint density at radius 3 is 2.41 bits per heavy atom. The summed E-state index contributed by atoms with van der Waals surface area (Å²) in [6, 6.07) is 15.6. The molecule has 2 bridgehead atoms. The number of hydrogen-bond donors (Lipinski definition) is 0.